The van der Waals surface area contributed by atoms with Crippen LogP contribution in [0.4, 0.5) is 5.69 Å². The number of piperidine rings is 1. The highest BCUT2D eigenvalue weighted by Gasteiger charge is 2.15. The van der Waals surface area contributed by atoms with E-state index >= 15 is 0 Å². The molecule has 3 rings (SSSR count). The zero-order valence-corrected chi connectivity index (χ0v) is 12.7. The number of anilines is 1. The van der Waals surface area contributed by atoms with E-state index in [0.717, 1.165) is 24.0 Å². The van der Waals surface area contributed by atoms with Gasteiger partial charge in [0.15, 0.2) is 6.29 Å². The van der Waals surface area contributed by atoms with Gasteiger partial charge in [-0.1, -0.05) is 18.2 Å². The van der Waals surface area contributed by atoms with Crippen LogP contribution < -0.4 is 15.8 Å². The van der Waals surface area contributed by atoms with Gasteiger partial charge in [-0.25, -0.2) is 0 Å². The van der Waals surface area contributed by atoms with Gasteiger partial charge in [0.1, 0.15) is 5.56 Å². The molecule has 1 fully saturated rings. The van der Waals surface area contributed by atoms with E-state index in [1.807, 2.05) is 24.3 Å². The zero-order valence-electron chi connectivity index (χ0n) is 12.7. The van der Waals surface area contributed by atoms with Crippen molar-refractivity contribution in [2.45, 2.75) is 19.3 Å². The molecule has 2 aromatic rings. The third-order valence-electron chi connectivity index (χ3n) is 4.42. The zero-order chi connectivity index (χ0) is 15.4. The quantitative estimate of drug-likeness (QED) is 0.716. The second-order valence-electron chi connectivity index (χ2n) is 5.89. The lowest BCUT2D eigenvalue weighted by Gasteiger charge is -2.24. The lowest BCUT2D eigenvalue weighted by atomic mass is 10.1. The minimum atomic E-state index is -0.332. The molecule has 0 saturated carbocycles. The van der Waals surface area contributed by atoms with Crippen molar-refractivity contribution in [1.29, 1.82) is 0 Å². The summed E-state index contributed by atoms with van der Waals surface area (Å²) in [7, 11) is 0. The Morgan fingerprint density at radius 2 is 1.95 bits per heavy atom. The predicted molar refractivity (Wildman–Crippen MR) is 87.9 cm³/mol. The van der Waals surface area contributed by atoms with E-state index in [1.54, 1.807) is 4.90 Å². The molecule has 1 aromatic carbocycles. The summed E-state index contributed by atoms with van der Waals surface area (Å²) >= 11 is 0. The van der Waals surface area contributed by atoms with Crippen LogP contribution in [0.25, 0.3) is 10.9 Å². The fraction of sp³-hybridized carbons (Fsp3) is 0.412. The van der Waals surface area contributed by atoms with Crippen LogP contribution in [-0.4, -0.2) is 37.4 Å². The highest BCUT2D eigenvalue weighted by Crippen LogP contribution is 2.22. The number of hydrogen-bond donors (Lipinski definition) is 3. The summed E-state index contributed by atoms with van der Waals surface area (Å²) in [4.78, 5) is 27.7. The van der Waals surface area contributed by atoms with Gasteiger partial charge in [0.05, 0.1) is 37.4 Å². The molecule has 5 nitrogen and oxygen atoms in total. The Kier molecular flexibility index (Phi) is 4.53. The van der Waals surface area contributed by atoms with Gasteiger partial charge in [-0.05, 0) is 25.3 Å². The summed E-state index contributed by atoms with van der Waals surface area (Å²) < 4.78 is 0. The van der Waals surface area contributed by atoms with Crippen molar-refractivity contribution < 1.29 is 9.69 Å². The predicted octanol–water partition coefficient (Wildman–Crippen LogP) is 0.821. The average Bonchev–Trinajstić information content (AvgIpc) is 2.55. The lowest BCUT2D eigenvalue weighted by Crippen LogP contribution is -3.13. The highest BCUT2D eigenvalue weighted by molar-refractivity contribution is 5.99. The van der Waals surface area contributed by atoms with E-state index in [9.17, 15) is 9.59 Å². The molecule has 1 aliphatic heterocycles. The summed E-state index contributed by atoms with van der Waals surface area (Å²) in [6.07, 6.45) is 4.57. The molecule has 0 unspecified atom stereocenters. The maximum atomic E-state index is 12.0. The first-order valence-corrected chi connectivity index (χ1v) is 7.97. The van der Waals surface area contributed by atoms with E-state index in [1.165, 1.54) is 32.4 Å². The number of aromatic amines is 1. The summed E-state index contributed by atoms with van der Waals surface area (Å²) in [5.41, 5.74) is 1.27. The summed E-state index contributed by atoms with van der Waals surface area (Å²) in [5.74, 6) is 0. The van der Waals surface area contributed by atoms with Crippen LogP contribution in [-0.2, 0) is 0 Å². The molecule has 0 atom stereocenters. The number of hydrogen-bond acceptors (Lipinski definition) is 3. The summed E-state index contributed by atoms with van der Waals surface area (Å²) in [6, 6.07) is 7.57. The summed E-state index contributed by atoms with van der Waals surface area (Å²) in [6.45, 7) is 4.22. The highest BCUT2D eigenvalue weighted by atomic mass is 16.1. The van der Waals surface area contributed by atoms with Gasteiger partial charge in [0, 0.05) is 5.39 Å². The monoisotopic (exact) mass is 300 g/mol. The standard InChI is InChI=1S/C17H21N3O2/c21-12-14-16(18-8-11-20-9-4-1-5-10-20)13-6-2-3-7-15(13)19-17(14)22/h2-3,6-7,12H,1,4-5,8-11H2,(H2,18,19,22)/p+1. The van der Waals surface area contributed by atoms with Crippen LogP contribution in [0.3, 0.4) is 0 Å². The molecule has 0 bridgehead atoms. The molecule has 0 aliphatic carbocycles. The van der Waals surface area contributed by atoms with E-state index < -0.39 is 0 Å². The first-order valence-electron chi connectivity index (χ1n) is 7.97. The maximum absolute atomic E-state index is 12.0. The van der Waals surface area contributed by atoms with Gasteiger partial charge in [0.25, 0.3) is 5.56 Å². The number of carbonyl (C=O) groups excluding carboxylic acids is 1. The molecule has 2 heterocycles. The average molecular weight is 300 g/mol. The number of likely N-dealkylation sites (tertiary alicyclic amines) is 1. The third kappa shape index (κ3) is 3.04. The van der Waals surface area contributed by atoms with Gasteiger partial charge < -0.3 is 15.2 Å². The minimum Gasteiger partial charge on any atom is -0.378 e. The van der Waals surface area contributed by atoms with E-state index in [-0.39, 0.29) is 11.1 Å². The van der Waals surface area contributed by atoms with Crippen molar-refractivity contribution in [3.05, 3.63) is 40.2 Å². The van der Waals surface area contributed by atoms with Crippen LogP contribution in [0, 0.1) is 0 Å². The molecular weight excluding hydrogens is 278 g/mol. The topological polar surface area (TPSA) is 66.4 Å². The number of pyridine rings is 1. The number of rotatable bonds is 5. The minimum absolute atomic E-state index is 0.187. The van der Waals surface area contributed by atoms with Crippen molar-refractivity contribution in [2.75, 3.05) is 31.5 Å². The van der Waals surface area contributed by atoms with Gasteiger partial charge in [-0.3, -0.25) is 9.59 Å². The van der Waals surface area contributed by atoms with Gasteiger partial charge in [0.2, 0.25) is 0 Å². The van der Waals surface area contributed by atoms with Crippen molar-refractivity contribution in [2.24, 2.45) is 0 Å². The molecule has 0 radical (unpaired) electrons. The molecule has 0 amide bonds. The van der Waals surface area contributed by atoms with Crippen molar-refractivity contribution in [3.63, 3.8) is 0 Å². The maximum Gasteiger partial charge on any atom is 0.261 e. The Bertz CT molecular complexity index is 717. The first-order chi connectivity index (χ1) is 10.8. The smallest absolute Gasteiger partial charge is 0.261 e. The second-order valence-corrected chi connectivity index (χ2v) is 5.89. The first kappa shape index (κ1) is 14.8. The number of para-hydroxylation sites is 1. The number of aldehydes is 1. The van der Waals surface area contributed by atoms with Crippen molar-refractivity contribution >= 4 is 22.9 Å². The van der Waals surface area contributed by atoms with E-state index in [4.69, 9.17) is 0 Å². The van der Waals surface area contributed by atoms with Gasteiger partial charge >= 0.3 is 0 Å². The number of fused-ring (bicyclic) bond motifs is 1. The molecule has 5 heteroatoms. The molecular formula is C17H22N3O2+. The molecule has 22 heavy (non-hydrogen) atoms. The van der Waals surface area contributed by atoms with Crippen molar-refractivity contribution in [3.8, 4) is 0 Å². The summed E-state index contributed by atoms with van der Waals surface area (Å²) in [5, 5.41) is 4.21. The number of nitrogens with one attached hydrogen (secondary N) is 3. The van der Waals surface area contributed by atoms with Gasteiger partial charge in [-0.15, -0.1) is 0 Å². The Morgan fingerprint density at radius 1 is 1.18 bits per heavy atom. The Balaban J connectivity index is 1.82. The number of H-pyrrole nitrogens is 1. The van der Waals surface area contributed by atoms with Crippen LogP contribution in [0.5, 0.6) is 0 Å². The van der Waals surface area contributed by atoms with Crippen LogP contribution in [0.2, 0.25) is 0 Å². The lowest BCUT2D eigenvalue weighted by molar-refractivity contribution is -0.903. The van der Waals surface area contributed by atoms with Gasteiger partial charge in [-0.2, -0.15) is 0 Å². The Hall–Kier alpha value is -2.14. The van der Waals surface area contributed by atoms with Crippen LogP contribution >= 0.6 is 0 Å². The molecule has 3 N–H and O–H groups in total. The number of aromatic nitrogens is 1. The number of carbonyl (C=O) groups is 1. The Labute approximate surface area is 129 Å². The third-order valence-corrected chi connectivity index (χ3v) is 4.42. The van der Waals surface area contributed by atoms with Crippen LogP contribution in [0.15, 0.2) is 29.1 Å². The molecule has 1 saturated heterocycles. The fourth-order valence-corrected chi connectivity index (χ4v) is 3.23. The number of benzene rings is 1. The van der Waals surface area contributed by atoms with Crippen LogP contribution in [0.1, 0.15) is 29.6 Å². The second kappa shape index (κ2) is 6.75. The molecule has 1 aliphatic rings. The molecule has 1 aromatic heterocycles. The van der Waals surface area contributed by atoms with E-state index in [0.29, 0.717) is 12.0 Å². The fourth-order valence-electron chi connectivity index (χ4n) is 3.23. The van der Waals surface area contributed by atoms with E-state index in [2.05, 4.69) is 10.3 Å². The molecule has 116 valence electrons. The Morgan fingerprint density at radius 3 is 2.73 bits per heavy atom. The van der Waals surface area contributed by atoms with Crippen molar-refractivity contribution in [1.82, 2.24) is 4.98 Å². The SMILES string of the molecule is O=Cc1c(NCC[NH+]2CCCCC2)c2ccccc2[nH]c1=O. The normalized spacial score (nSPS) is 15.8. The number of quaternary nitrogens is 1. The molecule has 0 spiro atoms. The largest absolute Gasteiger partial charge is 0.378 e.